The van der Waals surface area contributed by atoms with E-state index in [9.17, 15) is 9.18 Å². The van der Waals surface area contributed by atoms with Crippen molar-refractivity contribution in [2.24, 2.45) is 10.7 Å². The van der Waals surface area contributed by atoms with Gasteiger partial charge in [-0.2, -0.15) is 0 Å². The second-order valence-corrected chi connectivity index (χ2v) is 7.74. The first-order chi connectivity index (χ1) is 13.3. The molecule has 1 fully saturated rings. The number of nitrogens with one attached hydrogen (secondary N) is 1. The number of halogens is 3. The van der Waals surface area contributed by atoms with E-state index in [2.05, 4.69) is 20.3 Å². The molecule has 2 aliphatic rings. The molecule has 3 heterocycles. The predicted molar refractivity (Wildman–Crippen MR) is 109 cm³/mol. The van der Waals surface area contributed by atoms with Gasteiger partial charge in [-0.1, -0.05) is 11.8 Å². The summed E-state index contributed by atoms with van der Waals surface area (Å²) in [6.45, 7) is 1.41. The van der Waals surface area contributed by atoms with Gasteiger partial charge >= 0.3 is 0 Å². The number of nitrogens with two attached hydrogens (primary N) is 1. The number of aliphatic imine (C=N–C) groups is 1. The quantitative estimate of drug-likeness (QED) is 0.759. The van der Waals surface area contributed by atoms with Crippen LogP contribution in [0.1, 0.15) is 21.7 Å². The first kappa shape index (κ1) is 21.4. The van der Waals surface area contributed by atoms with E-state index < -0.39 is 22.9 Å². The van der Waals surface area contributed by atoms with Crippen molar-refractivity contribution in [3.8, 4) is 0 Å². The molecule has 29 heavy (non-hydrogen) atoms. The van der Waals surface area contributed by atoms with E-state index in [1.54, 1.807) is 6.92 Å². The minimum atomic E-state index is -1.90. The van der Waals surface area contributed by atoms with E-state index in [4.69, 9.17) is 10.5 Å². The van der Waals surface area contributed by atoms with Gasteiger partial charge in [0.05, 0.1) is 25.1 Å². The number of fused-ring (bicyclic) bond motifs is 1. The highest BCUT2D eigenvalue weighted by molar-refractivity contribution is 8.13. The standard InChI is InChI=1S/C18H17F2N5O2S.ClH/c1-10-5-23-14(6-22-10)15(26)24-11-2-3-13(19)12(4-11)18-8-27-7-17(18,20)9-28-16(21)25-18;/h2-6H,7-9H2,1H3,(H2,21,25)(H,24,26);1H/t17-,18-;/m1./s1. The normalized spacial score (nSPS) is 25.6. The molecule has 0 bridgehead atoms. The van der Waals surface area contributed by atoms with Gasteiger partial charge in [0.25, 0.3) is 5.91 Å². The number of benzene rings is 1. The number of ether oxygens (including phenoxy) is 1. The van der Waals surface area contributed by atoms with Crippen molar-refractivity contribution in [2.45, 2.75) is 18.1 Å². The summed E-state index contributed by atoms with van der Waals surface area (Å²) in [4.78, 5) is 24.7. The number of amides is 1. The number of hydrogen-bond donors (Lipinski definition) is 2. The first-order valence-corrected chi connectivity index (χ1v) is 9.46. The van der Waals surface area contributed by atoms with Crippen LogP contribution in [-0.4, -0.2) is 45.7 Å². The zero-order chi connectivity index (χ0) is 19.9. The number of nitrogens with zero attached hydrogens (tertiary/aromatic N) is 3. The molecule has 2 aromatic rings. The Morgan fingerprint density at radius 3 is 2.83 bits per heavy atom. The van der Waals surface area contributed by atoms with E-state index in [-0.39, 0.29) is 53.5 Å². The molecule has 0 spiro atoms. The summed E-state index contributed by atoms with van der Waals surface area (Å²) in [6, 6.07) is 3.91. The topological polar surface area (TPSA) is 102 Å². The molecular weight excluding hydrogens is 424 g/mol. The summed E-state index contributed by atoms with van der Waals surface area (Å²) in [7, 11) is 0. The number of carbonyl (C=O) groups is 1. The third-order valence-corrected chi connectivity index (χ3v) is 5.81. The predicted octanol–water partition coefficient (Wildman–Crippen LogP) is 2.59. The van der Waals surface area contributed by atoms with Crippen LogP contribution in [0.4, 0.5) is 14.5 Å². The zero-order valence-corrected chi connectivity index (χ0v) is 16.9. The fraction of sp³-hybridized carbons (Fsp3) is 0.333. The Kier molecular flexibility index (Phi) is 5.79. The molecule has 3 N–H and O–H groups in total. The van der Waals surface area contributed by atoms with E-state index in [0.29, 0.717) is 5.69 Å². The van der Waals surface area contributed by atoms with Crippen LogP contribution < -0.4 is 11.1 Å². The third-order valence-electron chi connectivity index (χ3n) is 4.82. The lowest BCUT2D eigenvalue weighted by molar-refractivity contribution is 0.102. The number of aryl methyl sites for hydroxylation is 1. The molecule has 1 aromatic heterocycles. The van der Waals surface area contributed by atoms with Gasteiger partial charge in [-0.15, -0.1) is 12.4 Å². The molecule has 1 amide bonds. The van der Waals surface area contributed by atoms with Gasteiger partial charge in [0.1, 0.15) is 11.5 Å². The molecular formula is C18H18ClF2N5O2S. The second-order valence-electron chi connectivity index (χ2n) is 6.75. The van der Waals surface area contributed by atoms with Crippen molar-refractivity contribution in [3.05, 3.63) is 53.4 Å². The summed E-state index contributed by atoms with van der Waals surface area (Å²) in [5, 5.41) is 2.80. The van der Waals surface area contributed by atoms with Crippen molar-refractivity contribution in [3.63, 3.8) is 0 Å². The lowest BCUT2D eigenvalue weighted by Gasteiger charge is -2.38. The van der Waals surface area contributed by atoms with Gasteiger partial charge in [0.15, 0.2) is 16.4 Å². The van der Waals surface area contributed by atoms with Crippen molar-refractivity contribution >= 4 is 40.9 Å². The Hall–Kier alpha value is -2.30. The van der Waals surface area contributed by atoms with Crippen LogP contribution in [0, 0.1) is 12.7 Å². The number of carbonyl (C=O) groups excluding carboxylic acids is 1. The lowest BCUT2D eigenvalue weighted by atomic mass is 9.79. The Bertz CT molecular complexity index is 977. The SMILES string of the molecule is Cc1cnc(C(=O)Nc2ccc(F)c([C@]34COC[C@@]3(F)CSC(N)=N4)c2)cn1.Cl. The zero-order valence-electron chi connectivity index (χ0n) is 15.3. The molecule has 0 aliphatic carbocycles. The van der Waals surface area contributed by atoms with E-state index in [1.807, 2.05) is 0 Å². The fourth-order valence-electron chi connectivity index (χ4n) is 3.32. The monoisotopic (exact) mass is 441 g/mol. The summed E-state index contributed by atoms with van der Waals surface area (Å²) in [5.74, 6) is -1.15. The van der Waals surface area contributed by atoms with Crippen molar-refractivity contribution in [1.82, 2.24) is 9.97 Å². The minimum Gasteiger partial charge on any atom is -0.379 e. The van der Waals surface area contributed by atoms with Crippen molar-refractivity contribution in [2.75, 3.05) is 24.3 Å². The van der Waals surface area contributed by atoms with Gasteiger partial charge < -0.3 is 15.8 Å². The average Bonchev–Trinajstić information content (AvgIpc) is 3.01. The first-order valence-electron chi connectivity index (χ1n) is 8.48. The maximum Gasteiger partial charge on any atom is 0.275 e. The Morgan fingerprint density at radius 2 is 2.10 bits per heavy atom. The summed E-state index contributed by atoms with van der Waals surface area (Å²) < 4.78 is 35.6. The van der Waals surface area contributed by atoms with Crippen LogP contribution in [0.25, 0.3) is 0 Å². The number of anilines is 1. The van der Waals surface area contributed by atoms with Crippen LogP contribution in [0.5, 0.6) is 0 Å². The number of alkyl halides is 1. The molecule has 1 saturated heterocycles. The maximum atomic E-state index is 15.6. The smallest absolute Gasteiger partial charge is 0.275 e. The lowest BCUT2D eigenvalue weighted by Crippen LogP contribution is -2.52. The molecule has 0 radical (unpaired) electrons. The van der Waals surface area contributed by atoms with Gasteiger partial charge in [0.2, 0.25) is 0 Å². The highest BCUT2D eigenvalue weighted by Gasteiger charge is 2.61. The molecule has 154 valence electrons. The second kappa shape index (κ2) is 7.85. The van der Waals surface area contributed by atoms with Gasteiger partial charge in [-0.3, -0.25) is 9.78 Å². The Balaban J connectivity index is 0.00000240. The minimum absolute atomic E-state index is 0. The largest absolute Gasteiger partial charge is 0.379 e. The van der Waals surface area contributed by atoms with Crippen LogP contribution in [0.2, 0.25) is 0 Å². The van der Waals surface area contributed by atoms with Crippen molar-refractivity contribution in [1.29, 1.82) is 0 Å². The summed E-state index contributed by atoms with van der Waals surface area (Å²) in [6.07, 6.45) is 2.81. The fourth-order valence-corrected chi connectivity index (χ4v) is 4.23. The van der Waals surface area contributed by atoms with Crippen LogP contribution >= 0.6 is 24.2 Å². The number of rotatable bonds is 3. The number of hydrogen-bond acceptors (Lipinski definition) is 7. The van der Waals surface area contributed by atoms with E-state index >= 15 is 4.39 Å². The van der Waals surface area contributed by atoms with E-state index in [0.717, 1.165) is 17.8 Å². The van der Waals surface area contributed by atoms with Crippen LogP contribution in [0.15, 0.2) is 35.6 Å². The maximum absolute atomic E-state index is 15.6. The van der Waals surface area contributed by atoms with Gasteiger partial charge in [0, 0.05) is 23.2 Å². The van der Waals surface area contributed by atoms with Gasteiger partial charge in [-0.25, -0.2) is 18.8 Å². The van der Waals surface area contributed by atoms with Crippen LogP contribution in [-0.2, 0) is 10.3 Å². The molecule has 1 aromatic carbocycles. The number of aromatic nitrogens is 2. The summed E-state index contributed by atoms with van der Waals surface area (Å²) >= 11 is 1.07. The molecule has 0 saturated carbocycles. The van der Waals surface area contributed by atoms with Crippen molar-refractivity contribution < 1.29 is 18.3 Å². The molecule has 7 nitrogen and oxygen atoms in total. The van der Waals surface area contributed by atoms with Crippen LogP contribution in [0.3, 0.4) is 0 Å². The molecule has 4 rings (SSSR count). The van der Waals surface area contributed by atoms with E-state index in [1.165, 1.54) is 24.5 Å². The van der Waals surface area contributed by atoms with Gasteiger partial charge in [-0.05, 0) is 25.1 Å². The molecule has 2 atom stereocenters. The molecule has 11 heteroatoms. The number of amidine groups is 1. The highest BCUT2D eigenvalue weighted by atomic mass is 35.5. The number of thioether (sulfide) groups is 1. The molecule has 2 aliphatic heterocycles. The molecule has 0 unspecified atom stereocenters. The Morgan fingerprint density at radius 1 is 1.31 bits per heavy atom. The summed E-state index contributed by atoms with van der Waals surface area (Å²) in [5.41, 5.74) is 3.37. The Labute approximate surface area is 176 Å². The average molecular weight is 442 g/mol. The third kappa shape index (κ3) is 3.67. The highest BCUT2D eigenvalue weighted by Crippen LogP contribution is 2.50.